The standard InChI is InChI=1S/C20H36N4O/c1-6-21-19(23-15-16-24-20(2,3)4)22-14-8-7-9-17-10-12-18(25-5)13-11-17/h10-13,24H,6-9,14-16H2,1-5H3,(H2,21,22,23). The number of unbranched alkanes of at least 4 members (excludes halogenated alkanes) is 1. The number of hydrogen-bond donors (Lipinski definition) is 3. The maximum Gasteiger partial charge on any atom is 0.191 e. The molecule has 0 saturated heterocycles. The Balaban J connectivity index is 2.24. The van der Waals surface area contributed by atoms with Crippen LogP contribution in [0, 0.1) is 0 Å². The number of benzene rings is 1. The van der Waals surface area contributed by atoms with Crippen LogP contribution in [-0.2, 0) is 6.42 Å². The highest BCUT2D eigenvalue weighted by Gasteiger charge is 2.07. The van der Waals surface area contributed by atoms with Gasteiger partial charge in [-0.15, -0.1) is 0 Å². The molecule has 3 N–H and O–H groups in total. The van der Waals surface area contributed by atoms with Gasteiger partial charge in [0.2, 0.25) is 0 Å². The van der Waals surface area contributed by atoms with Gasteiger partial charge in [-0.3, -0.25) is 4.99 Å². The molecular formula is C20H36N4O. The number of aliphatic imine (C=N–C) groups is 1. The first-order valence-electron chi connectivity index (χ1n) is 9.34. The highest BCUT2D eigenvalue weighted by atomic mass is 16.5. The Hall–Kier alpha value is -1.75. The SMILES string of the molecule is CCNC(=NCCCCc1ccc(OC)cc1)NCCNC(C)(C)C. The fourth-order valence-corrected chi connectivity index (χ4v) is 2.38. The fraction of sp³-hybridized carbons (Fsp3) is 0.650. The van der Waals surface area contributed by atoms with Crippen molar-refractivity contribution in [3.8, 4) is 5.75 Å². The number of nitrogens with zero attached hydrogens (tertiary/aromatic N) is 1. The van der Waals surface area contributed by atoms with Crippen LogP contribution in [0.25, 0.3) is 0 Å². The van der Waals surface area contributed by atoms with E-state index in [4.69, 9.17) is 4.74 Å². The predicted molar refractivity (Wildman–Crippen MR) is 108 cm³/mol. The van der Waals surface area contributed by atoms with Gasteiger partial charge in [-0.25, -0.2) is 0 Å². The highest BCUT2D eigenvalue weighted by Crippen LogP contribution is 2.13. The van der Waals surface area contributed by atoms with E-state index >= 15 is 0 Å². The lowest BCUT2D eigenvalue weighted by Crippen LogP contribution is -2.44. The number of rotatable bonds is 10. The third kappa shape index (κ3) is 10.7. The van der Waals surface area contributed by atoms with Gasteiger partial charge in [-0.1, -0.05) is 12.1 Å². The molecule has 0 spiro atoms. The van der Waals surface area contributed by atoms with Crippen LogP contribution in [0.1, 0.15) is 46.1 Å². The summed E-state index contributed by atoms with van der Waals surface area (Å²) < 4.78 is 5.18. The zero-order chi connectivity index (χ0) is 18.5. The van der Waals surface area contributed by atoms with Gasteiger partial charge in [0.25, 0.3) is 0 Å². The summed E-state index contributed by atoms with van der Waals surface area (Å²) in [5.74, 6) is 1.82. The number of guanidine groups is 1. The summed E-state index contributed by atoms with van der Waals surface area (Å²) in [7, 11) is 1.70. The van der Waals surface area contributed by atoms with Crippen LogP contribution in [-0.4, -0.2) is 44.8 Å². The van der Waals surface area contributed by atoms with E-state index in [1.54, 1.807) is 7.11 Å². The minimum absolute atomic E-state index is 0.151. The average molecular weight is 349 g/mol. The normalized spacial score (nSPS) is 12.1. The molecule has 0 aliphatic rings. The largest absolute Gasteiger partial charge is 0.497 e. The summed E-state index contributed by atoms with van der Waals surface area (Å²) in [5.41, 5.74) is 1.50. The van der Waals surface area contributed by atoms with Gasteiger partial charge in [0.1, 0.15) is 5.75 Å². The quantitative estimate of drug-likeness (QED) is 0.346. The van der Waals surface area contributed by atoms with Crippen LogP contribution in [0.3, 0.4) is 0 Å². The number of aryl methyl sites for hydroxylation is 1. The number of methoxy groups -OCH3 is 1. The van der Waals surface area contributed by atoms with Gasteiger partial charge < -0.3 is 20.7 Å². The van der Waals surface area contributed by atoms with Crippen molar-refractivity contribution in [1.82, 2.24) is 16.0 Å². The lowest BCUT2D eigenvalue weighted by Gasteiger charge is -2.21. The smallest absolute Gasteiger partial charge is 0.191 e. The molecule has 1 rings (SSSR count). The van der Waals surface area contributed by atoms with Crippen LogP contribution < -0.4 is 20.7 Å². The monoisotopic (exact) mass is 348 g/mol. The Labute approximate surface area is 153 Å². The van der Waals surface area contributed by atoms with E-state index < -0.39 is 0 Å². The highest BCUT2D eigenvalue weighted by molar-refractivity contribution is 5.79. The minimum atomic E-state index is 0.151. The summed E-state index contributed by atoms with van der Waals surface area (Å²) in [6.07, 6.45) is 3.31. The molecule has 0 aliphatic heterocycles. The molecule has 142 valence electrons. The first kappa shape index (κ1) is 21.3. The first-order valence-corrected chi connectivity index (χ1v) is 9.34. The van der Waals surface area contributed by atoms with E-state index in [2.05, 4.69) is 60.8 Å². The first-order chi connectivity index (χ1) is 11.9. The predicted octanol–water partition coefficient (Wildman–Crippen LogP) is 2.96. The number of ether oxygens (including phenoxy) is 1. The molecule has 5 heteroatoms. The molecule has 1 aromatic carbocycles. The van der Waals surface area contributed by atoms with Crippen molar-refractivity contribution in [3.63, 3.8) is 0 Å². The average Bonchev–Trinajstić information content (AvgIpc) is 2.58. The molecule has 0 bridgehead atoms. The Morgan fingerprint density at radius 2 is 1.76 bits per heavy atom. The van der Waals surface area contributed by atoms with Crippen molar-refractivity contribution in [2.75, 3.05) is 33.3 Å². The fourth-order valence-electron chi connectivity index (χ4n) is 2.38. The van der Waals surface area contributed by atoms with E-state index in [1.165, 1.54) is 5.56 Å². The molecule has 0 heterocycles. The van der Waals surface area contributed by atoms with Gasteiger partial charge in [0.15, 0.2) is 5.96 Å². The van der Waals surface area contributed by atoms with Crippen LogP contribution >= 0.6 is 0 Å². The molecule has 0 aliphatic carbocycles. The second-order valence-corrected chi connectivity index (χ2v) is 7.17. The molecule has 0 radical (unpaired) electrons. The molecule has 1 aromatic rings. The number of nitrogens with one attached hydrogen (secondary N) is 3. The van der Waals surface area contributed by atoms with E-state index in [9.17, 15) is 0 Å². The van der Waals surface area contributed by atoms with Gasteiger partial charge in [-0.2, -0.15) is 0 Å². The molecular weight excluding hydrogens is 312 g/mol. The third-order valence-corrected chi connectivity index (χ3v) is 3.72. The lowest BCUT2D eigenvalue weighted by molar-refractivity contribution is 0.414. The molecule has 0 aromatic heterocycles. The van der Waals surface area contributed by atoms with Crippen molar-refractivity contribution in [3.05, 3.63) is 29.8 Å². The third-order valence-electron chi connectivity index (χ3n) is 3.72. The maximum atomic E-state index is 5.18. The van der Waals surface area contributed by atoms with E-state index in [0.29, 0.717) is 0 Å². The van der Waals surface area contributed by atoms with Crippen molar-refractivity contribution < 1.29 is 4.74 Å². The van der Waals surface area contributed by atoms with E-state index in [0.717, 1.165) is 57.2 Å². The zero-order valence-electron chi connectivity index (χ0n) is 16.6. The van der Waals surface area contributed by atoms with Crippen LogP contribution in [0.15, 0.2) is 29.3 Å². The Bertz CT molecular complexity index is 491. The minimum Gasteiger partial charge on any atom is -0.497 e. The van der Waals surface area contributed by atoms with Gasteiger partial charge >= 0.3 is 0 Å². The Morgan fingerprint density at radius 3 is 2.36 bits per heavy atom. The van der Waals surface area contributed by atoms with Crippen molar-refractivity contribution >= 4 is 5.96 Å². The van der Waals surface area contributed by atoms with E-state index in [1.807, 2.05) is 12.1 Å². The molecule has 0 atom stereocenters. The second kappa shape index (κ2) is 11.7. The lowest BCUT2D eigenvalue weighted by atomic mass is 10.1. The Morgan fingerprint density at radius 1 is 1.04 bits per heavy atom. The van der Waals surface area contributed by atoms with Crippen LogP contribution in [0.5, 0.6) is 5.75 Å². The summed E-state index contributed by atoms with van der Waals surface area (Å²) in [4.78, 5) is 4.65. The van der Waals surface area contributed by atoms with Gasteiger partial charge in [-0.05, 0) is 64.7 Å². The molecule has 0 fully saturated rings. The molecule has 0 saturated carbocycles. The topological polar surface area (TPSA) is 57.7 Å². The molecule has 0 amide bonds. The summed E-state index contributed by atoms with van der Waals surface area (Å²) in [6, 6.07) is 8.31. The van der Waals surface area contributed by atoms with Crippen LogP contribution in [0.4, 0.5) is 0 Å². The molecule has 25 heavy (non-hydrogen) atoms. The van der Waals surface area contributed by atoms with E-state index in [-0.39, 0.29) is 5.54 Å². The molecule has 5 nitrogen and oxygen atoms in total. The van der Waals surface area contributed by atoms with Crippen LogP contribution in [0.2, 0.25) is 0 Å². The summed E-state index contributed by atoms with van der Waals surface area (Å²) in [5, 5.41) is 10.1. The summed E-state index contributed by atoms with van der Waals surface area (Å²) >= 11 is 0. The van der Waals surface area contributed by atoms with Crippen molar-refractivity contribution in [1.29, 1.82) is 0 Å². The summed E-state index contributed by atoms with van der Waals surface area (Å²) in [6.45, 7) is 12.1. The zero-order valence-corrected chi connectivity index (χ0v) is 16.6. The van der Waals surface area contributed by atoms with Crippen molar-refractivity contribution in [2.24, 2.45) is 4.99 Å². The van der Waals surface area contributed by atoms with Gasteiger partial charge in [0, 0.05) is 31.7 Å². The molecule has 0 unspecified atom stereocenters. The second-order valence-electron chi connectivity index (χ2n) is 7.17. The van der Waals surface area contributed by atoms with Crippen molar-refractivity contribution in [2.45, 2.75) is 52.5 Å². The maximum absolute atomic E-state index is 5.18. The Kier molecular flexibility index (Phi) is 10.0. The number of hydrogen-bond acceptors (Lipinski definition) is 3. The van der Waals surface area contributed by atoms with Gasteiger partial charge in [0.05, 0.1) is 7.11 Å².